The second-order valence-corrected chi connectivity index (χ2v) is 4.82. The fourth-order valence-electron chi connectivity index (χ4n) is 2.30. The number of para-hydroxylation sites is 1. The Kier molecular flexibility index (Phi) is 3.29. The van der Waals surface area contributed by atoms with Crippen LogP contribution >= 0.6 is 0 Å². The lowest BCUT2D eigenvalue weighted by atomic mass is 10.1. The van der Waals surface area contributed by atoms with Crippen LogP contribution in [0.5, 0.6) is 0 Å². The van der Waals surface area contributed by atoms with Crippen LogP contribution < -0.4 is 5.56 Å². The lowest BCUT2D eigenvalue weighted by Gasteiger charge is -2.07. The normalized spacial score (nSPS) is 10.8. The van der Waals surface area contributed by atoms with Gasteiger partial charge in [0.1, 0.15) is 0 Å². The summed E-state index contributed by atoms with van der Waals surface area (Å²) in [6.45, 7) is 2.59. The van der Waals surface area contributed by atoms with Gasteiger partial charge in [0.15, 0.2) is 0 Å². The number of nitrogens with zero attached hydrogens (tertiary/aromatic N) is 3. The highest BCUT2D eigenvalue weighted by molar-refractivity contribution is 5.80. The van der Waals surface area contributed by atoms with Gasteiger partial charge in [0.2, 0.25) is 0 Å². The monoisotopic (exact) mass is 265 g/mol. The quantitative estimate of drug-likeness (QED) is 0.730. The Balaban J connectivity index is 1.93. The van der Waals surface area contributed by atoms with E-state index in [4.69, 9.17) is 0 Å². The van der Waals surface area contributed by atoms with E-state index in [0.29, 0.717) is 11.9 Å². The average Bonchev–Trinajstić information content (AvgIpc) is 2.48. The van der Waals surface area contributed by atoms with Crippen LogP contribution in [0.3, 0.4) is 0 Å². The van der Waals surface area contributed by atoms with Crippen molar-refractivity contribution in [1.82, 2.24) is 14.5 Å². The highest BCUT2D eigenvalue weighted by Gasteiger charge is 2.05. The van der Waals surface area contributed by atoms with Gasteiger partial charge in [-0.3, -0.25) is 14.3 Å². The first kappa shape index (κ1) is 12.5. The fraction of sp³-hybridized carbons (Fsp3) is 0.188. The summed E-state index contributed by atoms with van der Waals surface area (Å²) in [5, 5.41) is 0.683. The fourth-order valence-corrected chi connectivity index (χ4v) is 2.30. The summed E-state index contributed by atoms with van der Waals surface area (Å²) in [5.74, 6) is 0. The van der Waals surface area contributed by atoms with Gasteiger partial charge in [-0.25, -0.2) is 4.98 Å². The third-order valence-corrected chi connectivity index (χ3v) is 3.45. The molecule has 0 unspecified atom stereocenters. The summed E-state index contributed by atoms with van der Waals surface area (Å²) in [6, 6.07) is 9.62. The Morgan fingerprint density at radius 2 is 1.95 bits per heavy atom. The lowest BCUT2D eigenvalue weighted by molar-refractivity contribution is 0.662. The first-order valence-electron chi connectivity index (χ1n) is 6.59. The molecule has 0 aliphatic rings. The Labute approximate surface area is 116 Å². The molecule has 0 saturated heterocycles. The van der Waals surface area contributed by atoms with E-state index in [1.165, 1.54) is 0 Å². The number of aryl methyl sites for hydroxylation is 3. The van der Waals surface area contributed by atoms with Gasteiger partial charge >= 0.3 is 0 Å². The third kappa shape index (κ3) is 2.32. The van der Waals surface area contributed by atoms with Gasteiger partial charge in [-0.05, 0) is 42.7 Å². The van der Waals surface area contributed by atoms with Crippen LogP contribution in [0.25, 0.3) is 10.9 Å². The molecule has 0 spiro atoms. The van der Waals surface area contributed by atoms with Crippen molar-refractivity contribution in [2.24, 2.45) is 0 Å². The molecular weight excluding hydrogens is 250 g/mol. The van der Waals surface area contributed by atoms with Gasteiger partial charge in [-0.2, -0.15) is 0 Å². The molecule has 2 aromatic heterocycles. The van der Waals surface area contributed by atoms with Gasteiger partial charge in [-0.15, -0.1) is 0 Å². The van der Waals surface area contributed by atoms with Crippen molar-refractivity contribution in [2.45, 2.75) is 19.9 Å². The Bertz CT molecular complexity index is 794. The zero-order valence-electron chi connectivity index (χ0n) is 11.3. The highest BCUT2D eigenvalue weighted by Crippen LogP contribution is 2.11. The molecule has 0 bridgehead atoms. The number of aromatic nitrogens is 3. The van der Waals surface area contributed by atoms with Crippen LogP contribution in [0.15, 0.2) is 53.8 Å². The van der Waals surface area contributed by atoms with Gasteiger partial charge in [0.05, 0.1) is 17.2 Å². The molecule has 1 aromatic carbocycles. The summed E-state index contributed by atoms with van der Waals surface area (Å²) in [5.41, 5.74) is 3.00. The van der Waals surface area contributed by atoms with E-state index in [1.54, 1.807) is 23.3 Å². The van der Waals surface area contributed by atoms with E-state index < -0.39 is 0 Å². The van der Waals surface area contributed by atoms with Gasteiger partial charge in [0.25, 0.3) is 5.56 Å². The van der Waals surface area contributed by atoms with Crippen molar-refractivity contribution in [2.75, 3.05) is 0 Å². The molecule has 4 nitrogen and oxygen atoms in total. The molecule has 2 heterocycles. The first-order valence-corrected chi connectivity index (χ1v) is 6.59. The van der Waals surface area contributed by atoms with Gasteiger partial charge in [0, 0.05) is 18.9 Å². The largest absolute Gasteiger partial charge is 0.298 e. The molecular formula is C16H15N3O. The van der Waals surface area contributed by atoms with Crippen molar-refractivity contribution in [1.29, 1.82) is 0 Å². The van der Waals surface area contributed by atoms with Crippen LogP contribution in [0.2, 0.25) is 0 Å². The van der Waals surface area contributed by atoms with Crippen LogP contribution in [0.1, 0.15) is 11.1 Å². The van der Waals surface area contributed by atoms with E-state index in [1.807, 2.05) is 37.3 Å². The van der Waals surface area contributed by atoms with Crippen molar-refractivity contribution in [3.63, 3.8) is 0 Å². The van der Waals surface area contributed by atoms with Gasteiger partial charge < -0.3 is 0 Å². The Hall–Kier alpha value is -2.49. The predicted molar refractivity (Wildman–Crippen MR) is 78.7 cm³/mol. The van der Waals surface area contributed by atoms with Crippen molar-refractivity contribution in [3.8, 4) is 0 Å². The molecule has 3 rings (SSSR count). The topological polar surface area (TPSA) is 47.8 Å². The Morgan fingerprint density at radius 3 is 2.75 bits per heavy atom. The number of hydrogen-bond acceptors (Lipinski definition) is 3. The SMILES string of the molecule is Cc1cccc2c(=O)n(CCc3ccncc3)cnc12. The first-order chi connectivity index (χ1) is 9.75. The van der Waals surface area contributed by atoms with Crippen molar-refractivity contribution in [3.05, 3.63) is 70.5 Å². The molecule has 100 valence electrons. The van der Waals surface area contributed by atoms with Gasteiger partial charge in [-0.1, -0.05) is 12.1 Å². The molecule has 0 saturated carbocycles. The van der Waals surface area contributed by atoms with Crippen LogP contribution in [0, 0.1) is 6.92 Å². The molecule has 0 atom stereocenters. The van der Waals surface area contributed by atoms with E-state index in [0.717, 1.165) is 23.1 Å². The zero-order valence-corrected chi connectivity index (χ0v) is 11.3. The highest BCUT2D eigenvalue weighted by atomic mass is 16.1. The lowest BCUT2D eigenvalue weighted by Crippen LogP contribution is -2.21. The van der Waals surface area contributed by atoms with Crippen LogP contribution in [0.4, 0.5) is 0 Å². The second kappa shape index (κ2) is 5.25. The van der Waals surface area contributed by atoms with Crippen LogP contribution in [-0.2, 0) is 13.0 Å². The number of rotatable bonds is 3. The summed E-state index contributed by atoms with van der Waals surface area (Å²) < 4.78 is 1.67. The molecule has 0 fully saturated rings. The van der Waals surface area contributed by atoms with Crippen LogP contribution in [-0.4, -0.2) is 14.5 Å². The number of hydrogen-bond donors (Lipinski definition) is 0. The molecule has 4 heteroatoms. The third-order valence-electron chi connectivity index (χ3n) is 3.45. The molecule has 3 aromatic rings. The summed E-state index contributed by atoms with van der Waals surface area (Å²) in [6.07, 6.45) is 5.96. The summed E-state index contributed by atoms with van der Waals surface area (Å²) in [4.78, 5) is 20.8. The second-order valence-electron chi connectivity index (χ2n) is 4.82. The van der Waals surface area contributed by atoms with Crippen molar-refractivity contribution < 1.29 is 0 Å². The van der Waals surface area contributed by atoms with E-state index in [9.17, 15) is 4.79 Å². The maximum absolute atomic E-state index is 12.4. The molecule has 0 amide bonds. The van der Waals surface area contributed by atoms with E-state index in [-0.39, 0.29) is 5.56 Å². The molecule has 0 radical (unpaired) electrons. The molecule has 0 aliphatic carbocycles. The predicted octanol–water partition coefficient (Wildman–Crippen LogP) is 2.34. The minimum absolute atomic E-state index is 0.0211. The smallest absolute Gasteiger partial charge is 0.261 e. The van der Waals surface area contributed by atoms with E-state index >= 15 is 0 Å². The average molecular weight is 265 g/mol. The Morgan fingerprint density at radius 1 is 1.15 bits per heavy atom. The zero-order chi connectivity index (χ0) is 13.9. The molecule has 0 N–H and O–H groups in total. The molecule has 0 aliphatic heterocycles. The van der Waals surface area contributed by atoms with E-state index in [2.05, 4.69) is 9.97 Å². The summed E-state index contributed by atoms with van der Waals surface area (Å²) in [7, 11) is 0. The molecule has 20 heavy (non-hydrogen) atoms. The maximum Gasteiger partial charge on any atom is 0.261 e. The minimum atomic E-state index is 0.0211. The summed E-state index contributed by atoms with van der Waals surface area (Å²) >= 11 is 0. The maximum atomic E-state index is 12.4. The number of benzene rings is 1. The minimum Gasteiger partial charge on any atom is -0.298 e. The number of pyridine rings is 1. The standard InChI is InChI=1S/C16H15N3O/c1-12-3-2-4-14-15(12)18-11-19(16(14)20)10-7-13-5-8-17-9-6-13/h2-6,8-9,11H,7,10H2,1H3. The number of fused-ring (bicyclic) bond motifs is 1. The van der Waals surface area contributed by atoms with Crippen molar-refractivity contribution >= 4 is 10.9 Å².